The van der Waals surface area contributed by atoms with Crippen molar-refractivity contribution in [2.45, 2.75) is 13.0 Å². The number of nitro benzene ring substituents is 2. The quantitative estimate of drug-likeness (QED) is 0.389. The van der Waals surface area contributed by atoms with Crippen LogP contribution in [0.25, 0.3) is 0 Å². The molecule has 2 aromatic carbocycles. The van der Waals surface area contributed by atoms with Gasteiger partial charge in [0.05, 0.1) is 21.5 Å². The van der Waals surface area contributed by atoms with Crippen LogP contribution >= 0.6 is 23.8 Å². The molecule has 0 saturated heterocycles. The van der Waals surface area contributed by atoms with Gasteiger partial charge >= 0.3 is 0 Å². The van der Waals surface area contributed by atoms with Gasteiger partial charge in [0.25, 0.3) is 17.3 Å². The van der Waals surface area contributed by atoms with Gasteiger partial charge in [0.2, 0.25) is 0 Å². The predicted octanol–water partition coefficient (Wildman–Crippen LogP) is 3.93. The summed E-state index contributed by atoms with van der Waals surface area (Å²) in [5.74, 6) is -0.490. The van der Waals surface area contributed by atoms with E-state index in [1.54, 1.807) is 24.9 Å². The van der Waals surface area contributed by atoms with Crippen molar-refractivity contribution in [1.82, 2.24) is 10.2 Å². The van der Waals surface area contributed by atoms with E-state index in [-0.39, 0.29) is 22.0 Å². The van der Waals surface area contributed by atoms with Gasteiger partial charge in [0, 0.05) is 36.6 Å². The molecule has 12 heteroatoms. The van der Waals surface area contributed by atoms with Crippen LogP contribution in [-0.4, -0.2) is 32.8 Å². The highest BCUT2D eigenvalue weighted by molar-refractivity contribution is 7.80. The van der Waals surface area contributed by atoms with E-state index in [9.17, 15) is 25.0 Å². The lowest BCUT2D eigenvalue weighted by Gasteiger charge is -2.35. The highest BCUT2D eigenvalue weighted by atomic mass is 35.5. The van der Waals surface area contributed by atoms with Crippen molar-refractivity contribution in [3.8, 4) is 0 Å². The lowest BCUT2D eigenvalue weighted by molar-refractivity contribution is -0.385. The van der Waals surface area contributed by atoms with Crippen LogP contribution in [0.15, 0.2) is 53.7 Å². The molecule has 2 N–H and O–H groups in total. The molecule has 1 unspecified atom stereocenters. The second kappa shape index (κ2) is 8.66. The molecule has 0 bridgehead atoms. The van der Waals surface area contributed by atoms with Gasteiger partial charge in [0.1, 0.15) is 5.02 Å². The predicted molar refractivity (Wildman–Crippen MR) is 119 cm³/mol. The Morgan fingerprint density at radius 2 is 1.81 bits per heavy atom. The Labute approximate surface area is 186 Å². The van der Waals surface area contributed by atoms with Crippen LogP contribution in [-0.2, 0) is 4.79 Å². The summed E-state index contributed by atoms with van der Waals surface area (Å²) >= 11 is 11.2. The molecule has 0 radical (unpaired) electrons. The molecule has 3 rings (SSSR count). The van der Waals surface area contributed by atoms with Crippen LogP contribution in [0.3, 0.4) is 0 Å². The molecule has 1 amide bonds. The van der Waals surface area contributed by atoms with E-state index in [4.69, 9.17) is 23.8 Å². The average molecular weight is 462 g/mol. The fraction of sp³-hybridized carbons (Fsp3) is 0.158. The zero-order chi connectivity index (χ0) is 22.9. The van der Waals surface area contributed by atoms with E-state index in [0.717, 1.165) is 0 Å². The van der Waals surface area contributed by atoms with Crippen LogP contribution in [0.1, 0.15) is 18.5 Å². The molecule has 0 aromatic heterocycles. The van der Waals surface area contributed by atoms with Crippen LogP contribution in [0.4, 0.5) is 17.1 Å². The third kappa shape index (κ3) is 4.47. The van der Waals surface area contributed by atoms with E-state index < -0.39 is 21.8 Å². The number of carbonyl (C=O) groups is 1. The fourth-order valence-corrected chi connectivity index (χ4v) is 3.54. The standard InChI is InChI=1S/C19H16ClN5O5S/c1-10-16(18(26)21-12-4-6-13(7-5-12)24(27)28)17(22-19(31)23(10)2)11-3-8-14(20)15(9-11)25(29)30/h3-9,17H,1-2H3,(H,21,26)(H,22,31). The third-order valence-electron chi connectivity index (χ3n) is 4.83. The van der Waals surface area contributed by atoms with Gasteiger partial charge in [-0.2, -0.15) is 0 Å². The minimum absolute atomic E-state index is 0.0261. The largest absolute Gasteiger partial charge is 0.351 e. The minimum Gasteiger partial charge on any atom is -0.351 e. The Bertz CT molecular complexity index is 1140. The number of nitrogens with one attached hydrogen (secondary N) is 2. The van der Waals surface area contributed by atoms with Gasteiger partial charge in [-0.15, -0.1) is 0 Å². The summed E-state index contributed by atoms with van der Waals surface area (Å²) in [6.07, 6.45) is 0. The van der Waals surface area contributed by atoms with E-state index in [1.807, 2.05) is 0 Å². The van der Waals surface area contributed by atoms with Gasteiger partial charge in [0.15, 0.2) is 5.11 Å². The second-order valence-corrected chi connectivity index (χ2v) is 7.46. The number of thiocarbonyl (C=S) groups is 1. The lowest BCUT2D eigenvalue weighted by Crippen LogP contribution is -2.46. The number of non-ortho nitro benzene ring substituents is 1. The molecule has 0 saturated carbocycles. The molecule has 0 fully saturated rings. The number of nitrogens with zero attached hydrogens (tertiary/aromatic N) is 3. The average Bonchev–Trinajstić information content (AvgIpc) is 2.72. The first kappa shape index (κ1) is 22.1. The van der Waals surface area contributed by atoms with E-state index in [1.165, 1.54) is 36.4 Å². The molecule has 1 heterocycles. The van der Waals surface area contributed by atoms with Gasteiger partial charge in [-0.25, -0.2) is 0 Å². The van der Waals surface area contributed by atoms with E-state index >= 15 is 0 Å². The number of allylic oxidation sites excluding steroid dienone is 1. The first-order valence-corrected chi connectivity index (χ1v) is 9.63. The summed E-state index contributed by atoms with van der Waals surface area (Å²) < 4.78 is 0. The van der Waals surface area contributed by atoms with Crippen molar-refractivity contribution in [2.75, 3.05) is 12.4 Å². The van der Waals surface area contributed by atoms with Crippen molar-refractivity contribution in [2.24, 2.45) is 0 Å². The second-order valence-electron chi connectivity index (χ2n) is 6.67. The smallest absolute Gasteiger partial charge is 0.288 e. The van der Waals surface area contributed by atoms with Crippen molar-refractivity contribution in [1.29, 1.82) is 0 Å². The van der Waals surface area contributed by atoms with E-state index in [2.05, 4.69) is 10.6 Å². The first-order valence-electron chi connectivity index (χ1n) is 8.84. The molecular formula is C19H16ClN5O5S. The molecule has 0 aliphatic carbocycles. The van der Waals surface area contributed by atoms with Gasteiger partial charge in [-0.1, -0.05) is 17.7 Å². The summed E-state index contributed by atoms with van der Waals surface area (Å²) in [4.78, 5) is 35.7. The van der Waals surface area contributed by atoms with Crippen molar-refractivity contribution in [3.05, 3.63) is 84.5 Å². The zero-order valence-corrected chi connectivity index (χ0v) is 17.9. The number of carbonyl (C=O) groups excluding carboxylic acids is 1. The summed E-state index contributed by atoms with van der Waals surface area (Å²) in [5.41, 5.74) is 1.21. The molecule has 160 valence electrons. The van der Waals surface area contributed by atoms with Crippen molar-refractivity contribution < 1.29 is 14.6 Å². The normalized spacial score (nSPS) is 16.0. The summed E-state index contributed by atoms with van der Waals surface area (Å²) in [6, 6.07) is 8.87. The molecular weight excluding hydrogens is 446 g/mol. The number of amides is 1. The number of rotatable bonds is 5. The summed E-state index contributed by atoms with van der Waals surface area (Å²) in [6.45, 7) is 1.70. The molecule has 2 aromatic rings. The zero-order valence-electron chi connectivity index (χ0n) is 16.3. The topological polar surface area (TPSA) is 131 Å². The highest BCUT2D eigenvalue weighted by Crippen LogP contribution is 2.34. The summed E-state index contributed by atoms with van der Waals surface area (Å²) in [7, 11) is 1.68. The third-order valence-corrected chi connectivity index (χ3v) is 5.55. The fourth-order valence-electron chi connectivity index (χ4n) is 3.09. The number of hydrogen-bond donors (Lipinski definition) is 2. The number of anilines is 1. The Morgan fingerprint density at radius 3 is 2.39 bits per heavy atom. The summed E-state index contributed by atoms with van der Waals surface area (Å²) in [5, 5.41) is 28.2. The number of halogens is 1. The maximum atomic E-state index is 13.1. The number of benzene rings is 2. The first-order chi connectivity index (χ1) is 14.6. The Morgan fingerprint density at radius 1 is 1.16 bits per heavy atom. The van der Waals surface area contributed by atoms with Gasteiger partial charge < -0.3 is 15.5 Å². The Hall–Kier alpha value is -3.57. The molecule has 1 atom stereocenters. The molecule has 1 aliphatic rings. The maximum absolute atomic E-state index is 13.1. The number of nitro groups is 2. The number of hydrogen-bond acceptors (Lipinski definition) is 6. The molecule has 0 spiro atoms. The van der Waals surface area contributed by atoms with Gasteiger partial charge in [-0.3, -0.25) is 25.0 Å². The van der Waals surface area contributed by atoms with E-state index in [0.29, 0.717) is 22.1 Å². The maximum Gasteiger partial charge on any atom is 0.288 e. The Balaban J connectivity index is 2.00. The van der Waals surface area contributed by atoms with Crippen LogP contribution in [0.2, 0.25) is 5.02 Å². The SMILES string of the molecule is CC1=C(C(=O)Nc2ccc([N+](=O)[O-])cc2)C(c2ccc(Cl)c([N+](=O)[O-])c2)NC(=S)N1C. The van der Waals surface area contributed by atoms with Crippen LogP contribution < -0.4 is 10.6 Å². The van der Waals surface area contributed by atoms with Gasteiger partial charge in [-0.05, 0) is 42.9 Å². The monoisotopic (exact) mass is 461 g/mol. The molecule has 31 heavy (non-hydrogen) atoms. The Kier molecular flexibility index (Phi) is 6.18. The van der Waals surface area contributed by atoms with Crippen LogP contribution in [0, 0.1) is 20.2 Å². The minimum atomic E-state index is -0.766. The van der Waals surface area contributed by atoms with Crippen molar-refractivity contribution >= 4 is 51.9 Å². The van der Waals surface area contributed by atoms with Crippen LogP contribution in [0.5, 0.6) is 0 Å². The molecule has 1 aliphatic heterocycles. The highest BCUT2D eigenvalue weighted by Gasteiger charge is 2.33. The lowest BCUT2D eigenvalue weighted by atomic mass is 9.94. The van der Waals surface area contributed by atoms with Crippen molar-refractivity contribution in [3.63, 3.8) is 0 Å². The molecule has 10 nitrogen and oxygen atoms in total.